The smallest absolute Gasteiger partial charge is 0.227 e. The maximum atomic E-state index is 12.5. The molecular weight excluding hydrogens is 340 g/mol. The predicted octanol–water partition coefficient (Wildman–Crippen LogP) is 3.45. The minimum absolute atomic E-state index is 0.0250. The third-order valence-electron chi connectivity index (χ3n) is 4.60. The molecule has 1 heterocycles. The first-order valence-electron chi connectivity index (χ1n) is 9.32. The molecule has 0 radical (unpaired) electrons. The van der Waals surface area contributed by atoms with E-state index in [1.54, 1.807) is 4.90 Å². The lowest BCUT2D eigenvalue weighted by molar-refractivity contribution is -0.126. The van der Waals surface area contributed by atoms with Gasteiger partial charge in [0.15, 0.2) is 0 Å². The van der Waals surface area contributed by atoms with E-state index in [2.05, 4.69) is 5.32 Å². The van der Waals surface area contributed by atoms with Gasteiger partial charge in [-0.1, -0.05) is 29.8 Å². The standard InChI is InChI=1S/C22H26N2O3/c1-15(2)27-20-10-8-19(9-11-20)24-14-18(12-21(24)25)22(26)23-13-17-6-4-16(3)5-7-17/h4-11,15,18H,12-14H2,1-3H3,(H,23,26)/t18-/m1/s1. The van der Waals surface area contributed by atoms with Crippen LogP contribution in [0.5, 0.6) is 5.75 Å². The predicted molar refractivity (Wildman–Crippen MR) is 106 cm³/mol. The van der Waals surface area contributed by atoms with Crippen molar-refractivity contribution < 1.29 is 14.3 Å². The van der Waals surface area contributed by atoms with Crippen LogP contribution >= 0.6 is 0 Å². The maximum Gasteiger partial charge on any atom is 0.227 e. The quantitative estimate of drug-likeness (QED) is 0.852. The Hall–Kier alpha value is -2.82. The summed E-state index contributed by atoms with van der Waals surface area (Å²) in [4.78, 5) is 26.5. The lowest BCUT2D eigenvalue weighted by Gasteiger charge is -2.18. The fourth-order valence-electron chi connectivity index (χ4n) is 3.15. The molecule has 1 fully saturated rings. The minimum atomic E-state index is -0.325. The Kier molecular flexibility index (Phi) is 5.79. The molecule has 1 aliphatic rings. The van der Waals surface area contributed by atoms with Crippen LogP contribution in [-0.4, -0.2) is 24.5 Å². The number of rotatable bonds is 6. The SMILES string of the molecule is Cc1ccc(CNC(=O)[C@@H]2CC(=O)N(c3ccc(OC(C)C)cc3)C2)cc1. The summed E-state index contributed by atoms with van der Waals surface area (Å²) >= 11 is 0. The molecule has 5 heteroatoms. The first-order valence-corrected chi connectivity index (χ1v) is 9.32. The van der Waals surface area contributed by atoms with Crippen LogP contribution in [0, 0.1) is 12.8 Å². The summed E-state index contributed by atoms with van der Waals surface area (Å²) in [6.07, 6.45) is 0.343. The van der Waals surface area contributed by atoms with Gasteiger partial charge in [-0.05, 0) is 50.6 Å². The summed E-state index contributed by atoms with van der Waals surface area (Å²) in [6, 6.07) is 15.5. The van der Waals surface area contributed by atoms with Gasteiger partial charge in [0.25, 0.3) is 0 Å². The third-order valence-corrected chi connectivity index (χ3v) is 4.60. The summed E-state index contributed by atoms with van der Waals surface area (Å²) in [5.41, 5.74) is 3.03. The van der Waals surface area contributed by atoms with Crippen LogP contribution in [0.3, 0.4) is 0 Å². The number of hydrogen-bond donors (Lipinski definition) is 1. The lowest BCUT2D eigenvalue weighted by Crippen LogP contribution is -2.32. The summed E-state index contributed by atoms with van der Waals surface area (Å²) in [7, 11) is 0. The van der Waals surface area contributed by atoms with Crippen LogP contribution in [0.2, 0.25) is 0 Å². The number of anilines is 1. The number of benzene rings is 2. The van der Waals surface area contributed by atoms with Crippen molar-refractivity contribution in [3.05, 3.63) is 59.7 Å². The van der Waals surface area contributed by atoms with Crippen molar-refractivity contribution in [3.8, 4) is 5.75 Å². The van der Waals surface area contributed by atoms with Crippen molar-refractivity contribution in [2.24, 2.45) is 5.92 Å². The molecule has 142 valence electrons. The Morgan fingerprint density at radius 2 is 1.81 bits per heavy atom. The highest BCUT2D eigenvalue weighted by atomic mass is 16.5. The van der Waals surface area contributed by atoms with Crippen molar-refractivity contribution >= 4 is 17.5 Å². The van der Waals surface area contributed by atoms with Crippen molar-refractivity contribution in [1.29, 1.82) is 0 Å². The van der Waals surface area contributed by atoms with E-state index in [4.69, 9.17) is 4.74 Å². The fourth-order valence-corrected chi connectivity index (χ4v) is 3.15. The monoisotopic (exact) mass is 366 g/mol. The van der Waals surface area contributed by atoms with Crippen LogP contribution in [0.4, 0.5) is 5.69 Å². The van der Waals surface area contributed by atoms with E-state index in [0.717, 1.165) is 17.0 Å². The number of nitrogens with one attached hydrogen (secondary N) is 1. The average Bonchev–Trinajstić information content (AvgIpc) is 3.03. The number of aryl methyl sites for hydroxylation is 1. The van der Waals surface area contributed by atoms with Crippen LogP contribution < -0.4 is 15.0 Å². The van der Waals surface area contributed by atoms with Gasteiger partial charge in [-0.2, -0.15) is 0 Å². The van der Waals surface area contributed by atoms with Crippen molar-refractivity contribution in [1.82, 2.24) is 5.32 Å². The molecule has 2 aromatic carbocycles. The fraction of sp³-hybridized carbons (Fsp3) is 0.364. The number of nitrogens with zero attached hydrogens (tertiary/aromatic N) is 1. The number of ether oxygens (including phenoxy) is 1. The molecule has 0 spiro atoms. The molecule has 0 bridgehead atoms. The molecule has 0 saturated carbocycles. The molecule has 0 aliphatic carbocycles. The normalized spacial score (nSPS) is 16.7. The molecule has 5 nitrogen and oxygen atoms in total. The zero-order chi connectivity index (χ0) is 19.4. The van der Waals surface area contributed by atoms with Gasteiger partial charge < -0.3 is 15.0 Å². The van der Waals surface area contributed by atoms with E-state index in [-0.39, 0.29) is 30.3 Å². The molecule has 2 aromatic rings. The summed E-state index contributed by atoms with van der Waals surface area (Å²) in [5.74, 6) is 0.344. The molecule has 0 unspecified atom stereocenters. The van der Waals surface area contributed by atoms with Gasteiger partial charge in [-0.3, -0.25) is 9.59 Å². The van der Waals surface area contributed by atoms with Crippen LogP contribution in [0.1, 0.15) is 31.4 Å². The van der Waals surface area contributed by atoms with E-state index in [1.807, 2.05) is 69.3 Å². The molecule has 1 aliphatic heterocycles. The average molecular weight is 366 g/mol. The van der Waals surface area contributed by atoms with Crippen LogP contribution in [0.15, 0.2) is 48.5 Å². The Balaban J connectivity index is 1.57. The van der Waals surface area contributed by atoms with Gasteiger partial charge in [0.2, 0.25) is 11.8 Å². The zero-order valence-corrected chi connectivity index (χ0v) is 16.1. The Morgan fingerprint density at radius 1 is 1.15 bits per heavy atom. The van der Waals surface area contributed by atoms with E-state index >= 15 is 0 Å². The van der Waals surface area contributed by atoms with Gasteiger partial charge in [0.05, 0.1) is 12.0 Å². The second-order valence-corrected chi connectivity index (χ2v) is 7.27. The second-order valence-electron chi connectivity index (χ2n) is 7.27. The second kappa shape index (κ2) is 8.25. The highest BCUT2D eigenvalue weighted by Crippen LogP contribution is 2.27. The van der Waals surface area contributed by atoms with E-state index in [1.165, 1.54) is 5.56 Å². The summed E-state index contributed by atoms with van der Waals surface area (Å²) in [6.45, 7) is 6.85. The van der Waals surface area contributed by atoms with E-state index < -0.39 is 0 Å². The number of hydrogen-bond acceptors (Lipinski definition) is 3. The van der Waals surface area contributed by atoms with Gasteiger partial charge in [-0.15, -0.1) is 0 Å². The molecule has 3 rings (SSSR count). The van der Waals surface area contributed by atoms with Crippen molar-refractivity contribution in [2.75, 3.05) is 11.4 Å². The number of carbonyl (C=O) groups excluding carboxylic acids is 2. The highest BCUT2D eigenvalue weighted by Gasteiger charge is 2.35. The molecule has 1 saturated heterocycles. The molecule has 2 amide bonds. The topological polar surface area (TPSA) is 58.6 Å². The van der Waals surface area contributed by atoms with Gasteiger partial charge in [-0.25, -0.2) is 0 Å². The maximum absolute atomic E-state index is 12.5. The van der Waals surface area contributed by atoms with E-state index in [9.17, 15) is 9.59 Å². The van der Waals surface area contributed by atoms with Crippen molar-refractivity contribution in [3.63, 3.8) is 0 Å². The molecule has 1 atom stereocenters. The third kappa shape index (κ3) is 4.88. The largest absolute Gasteiger partial charge is 0.491 e. The Morgan fingerprint density at radius 3 is 2.44 bits per heavy atom. The van der Waals surface area contributed by atoms with Crippen molar-refractivity contribution in [2.45, 2.75) is 39.8 Å². The van der Waals surface area contributed by atoms with Gasteiger partial charge >= 0.3 is 0 Å². The van der Waals surface area contributed by atoms with Gasteiger partial charge in [0.1, 0.15) is 5.75 Å². The van der Waals surface area contributed by atoms with Crippen LogP contribution in [0.25, 0.3) is 0 Å². The first-order chi connectivity index (χ1) is 12.9. The Labute approximate surface area is 160 Å². The summed E-state index contributed by atoms with van der Waals surface area (Å²) < 4.78 is 5.63. The van der Waals surface area contributed by atoms with Crippen LogP contribution in [-0.2, 0) is 16.1 Å². The zero-order valence-electron chi connectivity index (χ0n) is 16.1. The Bertz CT molecular complexity index is 797. The lowest BCUT2D eigenvalue weighted by atomic mass is 10.1. The van der Waals surface area contributed by atoms with Gasteiger partial charge in [0, 0.05) is 25.2 Å². The molecular formula is C22H26N2O3. The summed E-state index contributed by atoms with van der Waals surface area (Å²) in [5, 5.41) is 2.95. The van der Waals surface area contributed by atoms with E-state index in [0.29, 0.717) is 13.1 Å². The highest BCUT2D eigenvalue weighted by molar-refractivity contribution is 6.00. The molecule has 0 aromatic heterocycles. The number of amides is 2. The number of carbonyl (C=O) groups is 2. The molecule has 27 heavy (non-hydrogen) atoms. The minimum Gasteiger partial charge on any atom is -0.491 e. The first kappa shape index (κ1) is 19.0. The molecule has 1 N–H and O–H groups in total.